The minimum Gasteiger partial charge on any atom is -0.462 e. The van der Waals surface area contributed by atoms with E-state index in [1.807, 2.05) is 0 Å². The molecule has 0 bridgehead atoms. The van der Waals surface area contributed by atoms with Gasteiger partial charge in [-0.3, -0.25) is 0 Å². The van der Waals surface area contributed by atoms with Gasteiger partial charge in [0.2, 0.25) is 0 Å². The Kier molecular flexibility index (Phi) is 26.9. The number of esters is 4. The van der Waals surface area contributed by atoms with Gasteiger partial charge < -0.3 is 56.8 Å². The highest BCUT2D eigenvalue weighted by Crippen LogP contribution is 2.33. The van der Waals surface area contributed by atoms with E-state index in [1.165, 1.54) is 50.7 Å². The minimum atomic E-state index is -0.858. The van der Waals surface area contributed by atoms with E-state index in [2.05, 4.69) is 12.2 Å². The van der Waals surface area contributed by atoms with Crippen molar-refractivity contribution in [1.82, 2.24) is 0 Å². The number of carbonyl (C=O) groups excluding carboxylic acids is 8. The van der Waals surface area contributed by atoms with Crippen LogP contribution in [0, 0.1) is 0 Å². The van der Waals surface area contributed by atoms with Crippen molar-refractivity contribution in [3.05, 3.63) is 95.9 Å². The molecule has 0 radical (unpaired) electrons. The van der Waals surface area contributed by atoms with E-state index in [0.29, 0.717) is 48.7 Å². The van der Waals surface area contributed by atoms with Crippen LogP contribution in [0.3, 0.4) is 0 Å². The second kappa shape index (κ2) is 32.3. The number of carbonyl (C=O) groups is 8. The van der Waals surface area contributed by atoms with Crippen LogP contribution >= 0.6 is 0 Å². The van der Waals surface area contributed by atoms with Crippen molar-refractivity contribution >= 4 is 48.5 Å². The largest absolute Gasteiger partial charge is 0.514 e. The molecule has 0 saturated carbocycles. The molecular weight excluding hydrogens is 993 g/mol. The van der Waals surface area contributed by atoms with Crippen molar-refractivity contribution in [1.29, 1.82) is 0 Å². The average Bonchev–Trinajstić information content (AvgIpc) is 3.96. The van der Waals surface area contributed by atoms with Gasteiger partial charge in [-0.15, -0.1) is 0 Å². The monoisotopic (exact) mass is 1070 g/mol. The van der Waals surface area contributed by atoms with Crippen LogP contribution in [-0.2, 0) is 76.0 Å². The van der Waals surface area contributed by atoms with Crippen molar-refractivity contribution < 1.29 is 95.2 Å². The van der Waals surface area contributed by atoms with Crippen LogP contribution in [0.4, 0.5) is 19.2 Å². The molecule has 0 aromatic carbocycles. The zero-order chi connectivity index (χ0) is 56.0. The Morgan fingerprint density at radius 2 is 0.658 bits per heavy atom. The summed E-state index contributed by atoms with van der Waals surface area (Å²) in [5, 5.41) is 0. The number of cyclic esters (lactones) is 8. The number of hydrogen-bond acceptors (Lipinski definition) is 20. The van der Waals surface area contributed by atoms with Crippen molar-refractivity contribution in [2.75, 3.05) is 26.4 Å². The fourth-order valence-corrected chi connectivity index (χ4v) is 7.20. The molecule has 0 atom stereocenters. The van der Waals surface area contributed by atoms with Gasteiger partial charge in [0.25, 0.3) is 0 Å². The molecule has 4 fully saturated rings. The summed E-state index contributed by atoms with van der Waals surface area (Å²) < 4.78 is 59.8. The quantitative estimate of drug-likeness (QED) is 0.0303. The van der Waals surface area contributed by atoms with Crippen molar-refractivity contribution in [3.8, 4) is 0 Å². The molecular formula is C56H76O20. The Labute approximate surface area is 445 Å². The van der Waals surface area contributed by atoms with Crippen molar-refractivity contribution in [2.45, 2.75) is 181 Å². The Bertz CT molecular complexity index is 2090. The number of allylic oxidation sites excluding steroid dienone is 4. The topological polar surface area (TPSA) is 247 Å². The zero-order valence-corrected chi connectivity index (χ0v) is 45.2. The SMILES string of the molecule is C1=CCCCCCC1.CC1(C)OC(=O)O/C1=C/CCOC(=O)/C=C/C(=O)OCC/C=C1/OC(=O)OC1(C)C.CC1(C)OC(=O)O/C1=C/CCOC(=O)C=CCCCCCCC=CC(=O)OCC/C=C1/OC(=O)OC1(C)C. The minimum absolute atomic E-state index is 0.0273. The van der Waals surface area contributed by atoms with Crippen LogP contribution in [-0.4, -0.2) is 97.3 Å². The Hall–Kier alpha value is -7.12. The first-order valence-corrected chi connectivity index (χ1v) is 25.8. The van der Waals surface area contributed by atoms with E-state index >= 15 is 0 Å². The molecule has 5 aliphatic rings. The molecule has 0 amide bonds. The average molecular weight is 1070 g/mol. The number of rotatable bonds is 23. The summed E-state index contributed by atoms with van der Waals surface area (Å²) in [6.07, 6.45) is 31.9. The number of unbranched alkanes of at least 4 members (excludes halogenated alkanes) is 5. The van der Waals surface area contributed by atoms with E-state index in [0.717, 1.165) is 50.7 Å². The maximum absolute atomic E-state index is 11.8. The lowest BCUT2D eigenvalue weighted by Crippen LogP contribution is -2.20. The molecule has 20 heteroatoms. The van der Waals surface area contributed by atoms with Gasteiger partial charge in [-0.05, 0) is 131 Å². The van der Waals surface area contributed by atoms with Gasteiger partial charge >= 0.3 is 48.5 Å². The summed E-state index contributed by atoms with van der Waals surface area (Å²) in [5.74, 6) is -0.716. The third-order valence-electron chi connectivity index (χ3n) is 11.3. The molecule has 5 rings (SSSR count). The standard InChI is InChI=1S/C28H38O10.C20H24O10.C8H14/c1-27(2)21(35-25(31)37-27)15-13-19-33-23(29)17-11-9-7-5-6-8-10-12-18-24(30)34-20-14-16-22-28(3,4)38-26(32)36-22;1-19(2)13(27-17(23)29-19)7-5-11-25-15(21)9-10-16(22)26-12-6-8-14-20(3,4)30-18(24)28-14;1-2-4-6-8-7-5-3-1/h11-12,15-18H,5-10,13-14,19-20H2,1-4H3;7-10H,5-6,11-12H2,1-4H3;1-2H,3-8H2/b17-11?,18-12?,21-15+,22-16+;10-9+,13-7+,14-8+;. The van der Waals surface area contributed by atoms with E-state index in [9.17, 15) is 38.4 Å². The second-order valence-electron chi connectivity index (χ2n) is 19.5. The summed E-state index contributed by atoms with van der Waals surface area (Å²) >= 11 is 0. The summed E-state index contributed by atoms with van der Waals surface area (Å²) in [5.41, 5.74) is -3.32. The van der Waals surface area contributed by atoms with E-state index < -0.39 is 70.9 Å². The van der Waals surface area contributed by atoms with Gasteiger partial charge in [0, 0.05) is 50.0 Å². The highest BCUT2D eigenvalue weighted by Gasteiger charge is 2.41. The Morgan fingerprint density at radius 1 is 0.395 bits per heavy atom. The fourth-order valence-electron chi connectivity index (χ4n) is 7.20. The highest BCUT2D eigenvalue weighted by molar-refractivity contribution is 5.91. The highest BCUT2D eigenvalue weighted by atomic mass is 16.8. The number of hydrogen-bond donors (Lipinski definition) is 0. The summed E-state index contributed by atoms with van der Waals surface area (Å²) in [6.45, 7) is 14.0. The van der Waals surface area contributed by atoms with Crippen LogP contribution in [0.1, 0.15) is 158 Å². The molecule has 0 unspecified atom stereocenters. The second-order valence-corrected chi connectivity index (χ2v) is 19.5. The number of ether oxygens (including phenoxy) is 12. The molecule has 0 N–H and O–H groups in total. The van der Waals surface area contributed by atoms with Crippen molar-refractivity contribution in [2.24, 2.45) is 0 Å². The molecule has 4 heterocycles. The third-order valence-corrected chi connectivity index (χ3v) is 11.3. The van der Waals surface area contributed by atoms with Crippen LogP contribution in [0.5, 0.6) is 0 Å². The molecule has 4 aliphatic heterocycles. The Morgan fingerprint density at radius 3 is 0.908 bits per heavy atom. The van der Waals surface area contributed by atoms with Gasteiger partial charge in [-0.2, -0.15) is 0 Å². The maximum atomic E-state index is 11.8. The predicted molar refractivity (Wildman–Crippen MR) is 273 cm³/mol. The first-order chi connectivity index (χ1) is 36.0. The zero-order valence-electron chi connectivity index (χ0n) is 45.2. The van der Waals surface area contributed by atoms with E-state index in [-0.39, 0.29) is 26.4 Å². The maximum Gasteiger partial charge on any atom is 0.514 e. The lowest BCUT2D eigenvalue weighted by Gasteiger charge is -2.13. The smallest absolute Gasteiger partial charge is 0.462 e. The fraction of sp³-hybridized carbons (Fsp3) is 0.571. The summed E-state index contributed by atoms with van der Waals surface area (Å²) in [7, 11) is 0. The van der Waals surface area contributed by atoms with Crippen LogP contribution < -0.4 is 0 Å². The molecule has 0 spiro atoms. The van der Waals surface area contributed by atoms with Crippen LogP contribution in [0.25, 0.3) is 0 Å². The van der Waals surface area contributed by atoms with Crippen molar-refractivity contribution in [3.63, 3.8) is 0 Å². The van der Waals surface area contributed by atoms with Crippen LogP contribution in [0.2, 0.25) is 0 Å². The first-order valence-electron chi connectivity index (χ1n) is 25.8. The molecule has 76 heavy (non-hydrogen) atoms. The van der Waals surface area contributed by atoms with Gasteiger partial charge in [0.05, 0.1) is 26.4 Å². The molecule has 0 aromatic rings. The van der Waals surface area contributed by atoms with Gasteiger partial charge in [0.1, 0.15) is 0 Å². The predicted octanol–water partition coefficient (Wildman–Crippen LogP) is 11.9. The van der Waals surface area contributed by atoms with E-state index in [1.54, 1.807) is 91.8 Å². The molecule has 1 aliphatic carbocycles. The van der Waals surface area contributed by atoms with Gasteiger partial charge in [0.15, 0.2) is 45.4 Å². The van der Waals surface area contributed by atoms with Gasteiger partial charge in [-0.25, -0.2) is 38.4 Å². The molecule has 420 valence electrons. The lowest BCUT2D eigenvalue weighted by molar-refractivity contribution is -0.140. The Balaban J connectivity index is 0.000000354. The normalized spacial score (nSPS) is 20.9. The molecule has 4 saturated heterocycles. The van der Waals surface area contributed by atoms with Gasteiger partial charge in [-0.1, -0.05) is 50.0 Å². The van der Waals surface area contributed by atoms with Crippen LogP contribution in [0.15, 0.2) is 95.9 Å². The summed E-state index contributed by atoms with van der Waals surface area (Å²) in [4.78, 5) is 91.3. The van der Waals surface area contributed by atoms with E-state index in [4.69, 9.17) is 56.8 Å². The molecule has 0 aromatic heterocycles. The lowest BCUT2D eigenvalue weighted by atomic mass is 10.1. The molecule has 20 nitrogen and oxygen atoms in total. The summed E-state index contributed by atoms with van der Waals surface area (Å²) in [6, 6.07) is 0. The third kappa shape index (κ3) is 25.4. The first kappa shape index (κ1) is 63.2.